The Hall–Kier alpha value is -3.33. The van der Waals surface area contributed by atoms with Crippen LogP contribution in [0.3, 0.4) is 0 Å². The van der Waals surface area contributed by atoms with E-state index < -0.39 is 18.1 Å². The molecule has 3 heterocycles. The van der Waals surface area contributed by atoms with Crippen LogP contribution in [0.1, 0.15) is 31.9 Å². The number of aromatic nitrogens is 2. The van der Waals surface area contributed by atoms with Crippen molar-refractivity contribution in [3.05, 3.63) is 47.9 Å². The van der Waals surface area contributed by atoms with Crippen LogP contribution in [-0.2, 0) is 20.8 Å². The quantitative estimate of drug-likeness (QED) is 0.602. The van der Waals surface area contributed by atoms with Gasteiger partial charge in [-0.25, -0.2) is 4.98 Å². The van der Waals surface area contributed by atoms with Crippen LogP contribution in [0.15, 0.2) is 36.8 Å². The Bertz CT molecular complexity index is 1010. The van der Waals surface area contributed by atoms with Gasteiger partial charge in [0, 0.05) is 18.8 Å². The Balaban J connectivity index is 1.91. The molecule has 0 bridgehead atoms. The third kappa shape index (κ3) is 4.77. The summed E-state index contributed by atoms with van der Waals surface area (Å²) >= 11 is 0. The molecule has 0 aliphatic carbocycles. The third-order valence-corrected chi connectivity index (χ3v) is 5.71. The van der Waals surface area contributed by atoms with Crippen LogP contribution in [0.4, 0.5) is 11.5 Å². The number of rotatable bonds is 7. The van der Waals surface area contributed by atoms with E-state index in [1.54, 1.807) is 44.7 Å². The summed E-state index contributed by atoms with van der Waals surface area (Å²) in [4.78, 5) is 49.3. The molecule has 32 heavy (non-hydrogen) atoms. The summed E-state index contributed by atoms with van der Waals surface area (Å²) < 4.78 is 0. The number of nitrogens with zero attached hydrogens (tertiary/aromatic N) is 3. The zero-order valence-corrected chi connectivity index (χ0v) is 19.0. The summed E-state index contributed by atoms with van der Waals surface area (Å²) in [5.41, 5.74) is 2.26. The zero-order chi connectivity index (χ0) is 23.4. The fraction of sp³-hybridized carbons (Fsp3) is 0.435. The molecule has 3 N–H and O–H groups in total. The number of carbonyl (C=O) groups is 3. The summed E-state index contributed by atoms with van der Waals surface area (Å²) in [7, 11) is 1.68. The average Bonchev–Trinajstić information content (AvgIpc) is 3.17. The monoisotopic (exact) mass is 438 g/mol. The van der Waals surface area contributed by atoms with E-state index in [9.17, 15) is 14.4 Å². The van der Waals surface area contributed by atoms with Gasteiger partial charge in [0.25, 0.3) is 5.91 Å². The molecule has 0 radical (unpaired) electrons. The number of nitrogens with one attached hydrogen (secondary N) is 3. The highest BCUT2D eigenvalue weighted by Crippen LogP contribution is 2.32. The molecule has 0 spiro atoms. The lowest BCUT2D eigenvalue weighted by atomic mass is 10.0. The molecule has 3 amide bonds. The molecule has 3 atom stereocenters. The first kappa shape index (κ1) is 23.3. The van der Waals surface area contributed by atoms with E-state index in [0.717, 1.165) is 11.1 Å². The number of aryl methyl sites for hydroxylation is 1. The lowest BCUT2D eigenvalue weighted by molar-refractivity contribution is -0.130. The molecule has 1 aliphatic heterocycles. The predicted molar refractivity (Wildman–Crippen MR) is 122 cm³/mol. The summed E-state index contributed by atoms with van der Waals surface area (Å²) in [6.45, 7) is 7.31. The van der Waals surface area contributed by atoms with Crippen molar-refractivity contribution in [2.24, 2.45) is 5.92 Å². The standard InChI is InChI=1S/C23H30N6O3/c1-13(2)19(28-21(30)15(4)24-5)23(32)29-18(11-16-7-6-9-26-20(16)29)22(31)27-17-12-25-10-8-14(17)3/h6-10,12-13,15,18-19,24H,11H2,1-5H3,(H,27,31)(H,28,30). The molecule has 170 valence electrons. The zero-order valence-electron chi connectivity index (χ0n) is 19.0. The van der Waals surface area contributed by atoms with Crippen molar-refractivity contribution in [2.45, 2.75) is 52.2 Å². The minimum atomic E-state index is -0.804. The Morgan fingerprint density at radius 2 is 1.91 bits per heavy atom. The molecule has 2 aromatic heterocycles. The molecule has 1 aliphatic rings. The topological polar surface area (TPSA) is 116 Å². The van der Waals surface area contributed by atoms with Gasteiger partial charge in [-0.2, -0.15) is 0 Å². The van der Waals surface area contributed by atoms with Crippen molar-refractivity contribution in [3.63, 3.8) is 0 Å². The summed E-state index contributed by atoms with van der Waals surface area (Å²) in [6.07, 6.45) is 5.16. The second-order valence-corrected chi connectivity index (χ2v) is 8.33. The molecule has 0 aromatic carbocycles. The minimum absolute atomic E-state index is 0.187. The number of amides is 3. The van der Waals surface area contributed by atoms with Crippen LogP contribution >= 0.6 is 0 Å². The van der Waals surface area contributed by atoms with Crippen LogP contribution in [-0.4, -0.2) is 52.9 Å². The highest BCUT2D eigenvalue weighted by atomic mass is 16.2. The number of likely N-dealkylation sites (N-methyl/N-ethyl adjacent to an activating group) is 1. The molecule has 9 nitrogen and oxygen atoms in total. The minimum Gasteiger partial charge on any atom is -0.343 e. The van der Waals surface area contributed by atoms with Gasteiger partial charge < -0.3 is 16.0 Å². The van der Waals surface area contributed by atoms with Crippen LogP contribution in [0.2, 0.25) is 0 Å². The number of hydrogen-bond acceptors (Lipinski definition) is 6. The molecule has 0 saturated carbocycles. The maximum Gasteiger partial charge on any atom is 0.251 e. The van der Waals surface area contributed by atoms with Crippen LogP contribution < -0.4 is 20.9 Å². The van der Waals surface area contributed by atoms with Gasteiger partial charge in [0.05, 0.1) is 17.9 Å². The van der Waals surface area contributed by atoms with E-state index in [0.29, 0.717) is 17.9 Å². The predicted octanol–water partition coefficient (Wildman–Crippen LogP) is 1.43. The van der Waals surface area contributed by atoms with Crippen molar-refractivity contribution in [1.29, 1.82) is 0 Å². The van der Waals surface area contributed by atoms with Crippen molar-refractivity contribution >= 4 is 29.2 Å². The van der Waals surface area contributed by atoms with Gasteiger partial charge in [0.15, 0.2) is 0 Å². The Morgan fingerprint density at radius 1 is 1.16 bits per heavy atom. The fourth-order valence-corrected chi connectivity index (χ4v) is 3.61. The lowest BCUT2D eigenvalue weighted by Gasteiger charge is -2.31. The molecule has 2 aromatic rings. The molecular formula is C23H30N6O3. The van der Waals surface area contributed by atoms with Crippen molar-refractivity contribution in [2.75, 3.05) is 17.3 Å². The molecule has 0 fully saturated rings. The fourth-order valence-electron chi connectivity index (χ4n) is 3.61. The highest BCUT2D eigenvalue weighted by Gasteiger charge is 2.43. The molecule has 9 heteroatoms. The van der Waals surface area contributed by atoms with Gasteiger partial charge in [-0.3, -0.25) is 24.3 Å². The summed E-state index contributed by atoms with van der Waals surface area (Å²) in [6, 6.07) is 3.39. The van der Waals surface area contributed by atoms with Crippen LogP contribution in [0.25, 0.3) is 0 Å². The van der Waals surface area contributed by atoms with Gasteiger partial charge in [-0.05, 0) is 50.1 Å². The third-order valence-electron chi connectivity index (χ3n) is 5.71. The van der Waals surface area contributed by atoms with Gasteiger partial charge in [0.2, 0.25) is 11.8 Å². The number of fused-ring (bicyclic) bond motifs is 1. The Labute approximate surface area is 188 Å². The largest absolute Gasteiger partial charge is 0.343 e. The van der Waals surface area contributed by atoms with Crippen LogP contribution in [0.5, 0.6) is 0 Å². The first-order valence-corrected chi connectivity index (χ1v) is 10.7. The van der Waals surface area contributed by atoms with Gasteiger partial charge in [0.1, 0.15) is 17.9 Å². The van der Waals surface area contributed by atoms with E-state index in [-0.39, 0.29) is 23.6 Å². The van der Waals surface area contributed by atoms with Crippen molar-refractivity contribution < 1.29 is 14.4 Å². The van der Waals surface area contributed by atoms with E-state index in [1.807, 2.05) is 26.8 Å². The molecule has 3 rings (SSSR count). The van der Waals surface area contributed by atoms with Crippen molar-refractivity contribution in [1.82, 2.24) is 20.6 Å². The van der Waals surface area contributed by atoms with E-state index >= 15 is 0 Å². The number of hydrogen-bond donors (Lipinski definition) is 3. The molecule has 0 saturated heterocycles. The molecule has 3 unspecified atom stereocenters. The smallest absolute Gasteiger partial charge is 0.251 e. The first-order chi connectivity index (χ1) is 15.2. The lowest BCUT2D eigenvalue weighted by Crippen LogP contribution is -2.57. The van der Waals surface area contributed by atoms with Crippen LogP contribution in [0, 0.1) is 12.8 Å². The normalized spacial score (nSPS) is 16.9. The number of carbonyl (C=O) groups excluding carboxylic acids is 3. The highest BCUT2D eigenvalue weighted by molar-refractivity contribution is 6.09. The number of anilines is 2. The maximum absolute atomic E-state index is 13.7. The second kappa shape index (κ2) is 9.86. The van der Waals surface area contributed by atoms with E-state index in [1.165, 1.54) is 4.90 Å². The average molecular weight is 439 g/mol. The van der Waals surface area contributed by atoms with E-state index in [2.05, 4.69) is 25.9 Å². The maximum atomic E-state index is 13.7. The molecular weight excluding hydrogens is 408 g/mol. The van der Waals surface area contributed by atoms with E-state index in [4.69, 9.17) is 0 Å². The summed E-state index contributed by atoms with van der Waals surface area (Å²) in [5.74, 6) is -0.719. The first-order valence-electron chi connectivity index (χ1n) is 10.7. The summed E-state index contributed by atoms with van der Waals surface area (Å²) in [5, 5.41) is 8.59. The SMILES string of the molecule is CNC(C)C(=O)NC(C(=O)N1c2ncccc2CC1C(=O)Nc1cnccc1C)C(C)C. The number of pyridine rings is 2. The Kier molecular flexibility index (Phi) is 7.19. The van der Waals surface area contributed by atoms with Gasteiger partial charge >= 0.3 is 0 Å². The van der Waals surface area contributed by atoms with Crippen molar-refractivity contribution in [3.8, 4) is 0 Å². The van der Waals surface area contributed by atoms with Gasteiger partial charge in [-0.1, -0.05) is 19.9 Å². The second-order valence-electron chi connectivity index (χ2n) is 8.33. The van der Waals surface area contributed by atoms with Gasteiger partial charge in [-0.15, -0.1) is 0 Å². The Morgan fingerprint density at radius 3 is 2.56 bits per heavy atom.